The highest BCUT2D eigenvalue weighted by Crippen LogP contribution is 2.49. The number of H-pyrrole nitrogens is 1. The van der Waals surface area contributed by atoms with Gasteiger partial charge in [-0.2, -0.15) is 5.26 Å². The number of hydrogen-bond acceptors (Lipinski definition) is 10. The predicted octanol–water partition coefficient (Wildman–Crippen LogP) is 2.31. The van der Waals surface area contributed by atoms with Crippen LogP contribution in [0.15, 0.2) is 36.5 Å². The molecule has 3 aliphatic rings. The number of fused-ring (bicyclic) bond motifs is 1. The molecule has 0 spiro atoms. The molecule has 1 amide bonds. The number of nitriles is 1. The lowest BCUT2D eigenvalue weighted by atomic mass is 10.1. The largest absolute Gasteiger partial charge is 0.444 e. The van der Waals surface area contributed by atoms with Crippen LogP contribution in [0.5, 0.6) is 0 Å². The topological polar surface area (TPSA) is 152 Å². The fourth-order valence-electron chi connectivity index (χ4n) is 5.71. The first-order valence-corrected chi connectivity index (χ1v) is 13.3. The van der Waals surface area contributed by atoms with Crippen LogP contribution in [0.3, 0.4) is 0 Å². The van der Waals surface area contributed by atoms with Crippen molar-refractivity contribution in [3.05, 3.63) is 36.5 Å². The van der Waals surface area contributed by atoms with E-state index >= 15 is 0 Å². The summed E-state index contributed by atoms with van der Waals surface area (Å²) in [5.41, 5.74) is 1.82. The standard InChI is InChI=1S/C27H35N9O3/c1-16(36-21(12-28)9-18-10-24(18)36)23(30-26(38)39-27(2,3)4)14-35-13-20(11-22(35)15-37)29-19-7-5-17(6-8-19)25-31-33-34-32-25/h5-8,15,18,20-24,29H,1,9-11,13-14H2,2-4H3,(H,30,38)(H,31,32,33,34)/t18?,20-,21?,22?,23?,24?/m0/s1. The van der Waals surface area contributed by atoms with Crippen LogP contribution in [0.4, 0.5) is 10.5 Å². The second-order valence-corrected chi connectivity index (χ2v) is 11.6. The monoisotopic (exact) mass is 533 g/mol. The van der Waals surface area contributed by atoms with Crippen molar-refractivity contribution < 1.29 is 14.3 Å². The van der Waals surface area contributed by atoms with Gasteiger partial charge in [-0.25, -0.2) is 9.89 Å². The average Bonchev–Trinajstić information content (AvgIpc) is 3.24. The van der Waals surface area contributed by atoms with Crippen molar-refractivity contribution in [2.45, 2.75) is 75.8 Å². The van der Waals surface area contributed by atoms with Gasteiger partial charge in [0.1, 0.15) is 17.9 Å². The number of carbonyl (C=O) groups excluding carboxylic acids is 2. The Labute approximate surface area is 227 Å². The molecule has 3 N–H and O–H groups in total. The van der Waals surface area contributed by atoms with Crippen molar-refractivity contribution in [3.8, 4) is 17.5 Å². The smallest absolute Gasteiger partial charge is 0.408 e. The van der Waals surface area contributed by atoms with Crippen LogP contribution in [-0.2, 0) is 9.53 Å². The molecule has 1 aliphatic carbocycles. The molecule has 12 heteroatoms. The summed E-state index contributed by atoms with van der Waals surface area (Å²) < 4.78 is 5.54. The molecule has 1 saturated carbocycles. The Morgan fingerprint density at radius 1 is 1.31 bits per heavy atom. The Kier molecular flexibility index (Phi) is 7.27. The summed E-state index contributed by atoms with van der Waals surface area (Å²) in [6.07, 6.45) is 2.89. The molecule has 1 aromatic carbocycles. The number of amides is 1. The van der Waals surface area contributed by atoms with Gasteiger partial charge in [-0.3, -0.25) is 4.90 Å². The van der Waals surface area contributed by atoms with E-state index in [-0.39, 0.29) is 24.2 Å². The number of alkyl carbamates (subject to hydrolysis) is 1. The van der Waals surface area contributed by atoms with E-state index in [9.17, 15) is 14.9 Å². The third-order valence-corrected chi connectivity index (χ3v) is 7.58. The number of ether oxygens (including phenoxy) is 1. The zero-order valence-electron chi connectivity index (χ0n) is 22.5. The van der Waals surface area contributed by atoms with Gasteiger partial charge in [0, 0.05) is 42.1 Å². The number of rotatable bonds is 9. The fourth-order valence-corrected chi connectivity index (χ4v) is 5.71. The van der Waals surface area contributed by atoms with E-state index in [4.69, 9.17) is 4.74 Å². The van der Waals surface area contributed by atoms with Gasteiger partial charge >= 0.3 is 6.09 Å². The summed E-state index contributed by atoms with van der Waals surface area (Å²) in [5, 5.41) is 30.1. The maximum atomic E-state index is 12.8. The molecule has 2 aliphatic heterocycles. The lowest BCUT2D eigenvalue weighted by molar-refractivity contribution is -0.111. The van der Waals surface area contributed by atoms with E-state index < -0.39 is 17.7 Å². The molecule has 39 heavy (non-hydrogen) atoms. The van der Waals surface area contributed by atoms with Crippen molar-refractivity contribution in [2.24, 2.45) is 5.92 Å². The number of anilines is 1. The zero-order chi connectivity index (χ0) is 27.7. The van der Waals surface area contributed by atoms with Gasteiger partial charge in [-0.15, -0.1) is 5.10 Å². The normalized spacial score (nSPS) is 26.8. The number of nitrogens with one attached hydrogen (secondary N) is 3. The molecular formula is C27H35N9O3. The summed E-state index contributed by atoms with van der Waals surface area (Å²) in [4.78, 5) is 29.0. The molecule has 12 nitrogen and oxygen atoms in total. The Bertz CT molecular complexity index is 1230. The molecule has 0 bridgehead atoms. The molecule has 1 aromatic heterocycles. The maximum Gasteiger partial charge on any atom is 0.408 e. The molecule has 5 rings (SSSR count). The minimum Gasteiger partial charge on any atom is -0.444 e. The van der Waals surface area contributed by atoms with Crippen molar-refractivity contribution in [2.75, 3.05) is 18.4 Å². The third-order valence-electron chi connectivity index (χ3n) is 7.58. The molecule has 6 atom stereocenters. The quantitative estimate of drug-likeness (QED) is 0.409. The van der Waals surface area contributed by atoms with E-state index in [1.165, 1.54) is 0 Å². The number of aldehydes is 1. The van der Waals surface area contributed by atoms with Gasteiger partial charge in [0.05, 0.1) is 18.2 Å². The number of nitrogens with zero attached hydrogens (tertiary/aromatic N) is 6. The van der Waals surface area contributed by atoms with E-state index in [1.54, 1.807) is 0 Å². The number of benzene rings is 1. The van der Waals surface area contributed by atoms with Gasteiger partial charge in [0.2, 0.25) is 0 Å². The second-order valence-electron chi connectivity index (χ2n) is 11.6. The minimum absolute atomic E-state index is 0.0277. The molecule has 5 unspecified atom stereocenters. The predicted molar refractivity (Wildman–Crippen MR) is 143 cm³/mol. The summed E-state index contributed by atoms with van der Waals surface area (Å²) in [6.45, 7) is 10.7. The van der Waals surface area contributed by atoms with E-state index in [1.807, 2.05) is 45.0 Å². The highest BCUT2D eigenvalue weighted by Gasteiger charge is 2.53. The molecule has 3 fully saturated rings. The highest BCUT2D eigenvalue weighted by atomic mass is 16.6. The highest BCUT2D eigenvalue weighted by molar-refractivity contribution is 5.69. The number of carbonyl (C=O) groups is 2. The summed E-state index contributed by atoms with van der Waals surface area (Å²) in [6, 6.07) is 9.37. The summed E-state index contributed by atoms with van der Waals surface area (Å²) in [7, 11) is 0. The molecule has 3 heterocycles. The first kappa shape index (κ1) is 26.6. The number of hydrogen-bond donors (Lipinski definition) is 3. The molecule has 0 radical (unpaired) electrons. The summed E-state index contributed by atoms with van der Waals surface area (Å²) in [5.74, 6) is 1.09. The van der Waals surface area contributed by atoms with Crippen LogP contribution in [0, 0.1) is 17.2 Å². The first-order valence-electron chi connectivity index (χ1n) is 13.3. The van der Waals surface area contributed by atoms with Crippen LogP contribution in [0.1, 0.15) is 40.0 Å². The van der Waals surface area contributed by atoms with Crippen LogP contribution in [0.2, 0.25) is 0 Å². The number of tetrazole rings is 1. The van der Waals surface area contributed by atoms with Crippen molar-refractivity contribution in [3.63, 3.8) is 0 Å². The average molecular weight is 534 g/mol. The summed E-state index contributed by atoms with van der Waals surface area (Å²) >= 11 is 0. The van der Waals surface area contributed by atoms with Crippen molar-refractivity contribution in [1.82, 2.24) is 35.7 Å². The van der Waals surface area contributed by atoms with Crippen LogP contribution in [-0.4, -0.2) is 91.7 Å². The van der Waals surface area contributed by atoms with E-state index in [0.29, 0.717) is 36.9 Å². The maximum absolute atomic E-state index is 12.8. The zero-order valence-corrected chi connectivity index (χ0v) is 22.5. The molecule has 2 saturated heterocycles. The number of likely N-dealkylation sites (tertiary alicyclic amines) is 2. The van der Waals surface area contributed by atoms with Gasteiger partial charge < -0.3 is 25.1 Å². The first-order chi connectivity index (χ1) is 18.6. The molecular weight excluding hydrogens is 498 g/mol. The number of aromatic amines is 1. The van der Waals surface area contributed by atoms with Crippen LogP contribution in [0.25, 0.3) is 11.4 Å². The van der Waals surface area contributed by atoms with Gasteiger partial charge in [-0.1, -0.05) is 6.58 Å². The van der Waals surface area contributed by atoms with Crippen molar-refractivity contribution in [1.29, 1.82) is 5.26 Å². The van der Waals surface area contributed by atoms with E-state index in [0.717, 1.165) is 30.4 Å². The van der Waals surface area contributed by atoms with Gasteiger partial charge in [-0.05, 0) is 80.6 Å². The molecule has 206 valence electrons. The Morgan fingerprint density at radius 3 is 2.72 bits per heavy atom. The van der Waals surface area contributed by atoms with E-state index in [2.05, 4.69) is 53.7 Å². The number of piperidine rings is 1. The fraction of sp³-hybridized carbons (Fsp3) is 0.556. The minimum atomic E-state index is -0.659. The Morgan fingerprint density at radius 2 is 2.08 bits per heavy atom. The molecule has 2 aromatic rings. The van der Waals surface area contributed by atoms with Crippen molar-refractivity contribution >= 4 is 18.1 Å². The lowest BCUT2D eigenvalue weighted by Gasteiger charge is -2.35. The Balaban J connectivity index is 1.27. The SMILES string of the molecule is C=C(C(CN1C[C@@H](Nc2ccc(-c3nnn[nH]3)cc2)CC1C=O)NC(=O)OC(C)(C)C)N1C(C#N)CC2CC21. The van der Waals surface area contributed by atoms with Crippen LogP contribution >= 0.6 is 0 Å². The van der Waals surface area contributed by atoms with Gasteiger partial charge in [0.15, 0.2) is 5.82 Å². The van der Waals surface area contributed by atoms with Gasteiger partial charge in [0.25, 0.3) is 0 Å². The third kappa shape index (κ3) is 6.04. The number of aromatic nitrogens is 4. The van der Waals surface area contributed by atoms with Crippen LogP contribution < -0.4 is 10.6 Å². The second kappa shape index (κ2) is 10.6. The lowest BCUT2D eigenvalue weighted by Crippen LogP contribution is -2.51. The Hall–Kier alpha value is -3.98.